The van der Waals surface area contributed by atoms with Crippen molar-refractivity contribution in [3.8, 4) is 0 Å². The Labute approximate surface area is 98.5 Å². The topological polar surface area (TPSA) is 72.9 Å². The molecule has 0 rings (SSSR count). The Balaban J connectivity index is 4.59. The lowest BCUT2D eigenvalue weighted by Gasteiger charge is -2.20. The number of nitrogens with zero attached hydrogens (tertiary/aromatic N) is 1. The number of hydrogen-bond acceptors (Lipinski definition) is 5. The minimum atomic E-state index is -4.70. The minimum Gasteiger partial charge on any atom is -0.469 e. The van der Waals surface area contributed by atoms with Crippen LogP contribution in [0.25, 0.3) is 0 Å². The van der Waals surface area contributed by atoms with Gasteiger partial charge >= 0.3 is 11.7 Å². The summed E-state index contributed by atoms with van der Waals surface area (Å²) in [6.07, 6.45) is -0.286. The summed E-state index contributed by atoms with van der Waals surface area (Å²) in [5.41, 5.74) is 0. The highest BCUT2D eigenvalue weighted by atomic mass is 32.2. The summed E-state index contributed by atoms with van der Waals surface area (Å²) < 4.78 is 56.5. The molecule has 0 aromatic carbocycles. The molecular weight excluding hydrogens is 260 g/mol. The van der Waals surface area contributed by atoms with E-state index in [9.17, 15) is 22.0 Å². The van der Waals surface area contributed by atoms with Crippen molar-refractivity contribution in [1.82, 2.24) is 4.31 Å². The van der Waals surface area contributed by atoms with Gasteiger partial charge in [-0.25, -0.2) is 8.42 Å². The smallest absolute Gasteiger partial charge is 0.350 e. The third-order valence-electron chi connectivity index (χ3n) is 1.92. The average Bonchev–Trinajstić information content (AvgIpc) is 2.28. The van der Waals surface area contributed by atoms with Crippen LogP contribution in [0.4, 0.5) is 8.78 Å². The zero-order valence-corrected chi connectivity index (χ0v) is 10.4. The molecule has 0 saturated carbocycles. The highest BCUT2D eigenvalue weighted by Crippen LogP contribution is 2.12. The number of rotatable bonds is 8. The second-order valence-electron chi connectivity index (χ2n) is 3.02. The summed E-state index contributed by atoms with van der Waals surface area (Å²) in [6.45, 7) is -0.629. The summed E-state index contributed by atoms with van der Waals surface area (Å²) in [5, 5.41) is 0. The fourth-order valence-electron chi connectivity index (χ4n) is 0.990. The molecule has 0 aliphatic carbocycles. The Kier molecular flexibility index (Phi) is 7.16. The van der Waals surface area contributed by atoms with Gasteiger partial charge < -0.3 is 9.47 Å². The Morgan fingerprint density at radius 1 is 1.29 bits per heavy atom. The molecule has 0 aliphatic rings. The average molecular weight is 275 g/mol. The van der Waals surface area contributed by atoms with E-state index in [1.807, 2.05) is 0 Å². The third kappa shape index (κ3) is 5.37. The number of methoxy groups -OCH3 is 2. The van der Waals surface area contributed by atoms with E-state index in [2.05, 4.69) is 9.47 Å². The van der Waals surface area contributed by atoms with Crippen molar-refractivity contribution >= 4 is 16.0 Å². The van der Waals surface area contributed by atoms with Crippen LogP contribution in [0.1, 0.15) is 6.42 Å². The lowest BCUT2D eigenvalue weighted by atomic mass is 10.4. The van der Waals surface area contributed by atoms with Gasteiger partial charge in [0.25, 0.3) is 10.0 Å². The first kappa shape index (κ1) is 16.2. The van der Waals surface area contributed by atoms with Gasteiger partial charge in [0.05, 0.1) is 20.1 Å². The largest absolute Gasteiger partial charge is 0.469 e. The van der Waals surface area contributed by atoms with Crippen LogP contribution < -0.4 is 0 Å². The van der Waals surface area contributed by atoms with Crippen molar-refractivity contribution in [2.24, 2.45) is 0 Å². The molecule has 0 aromatic heterocycles. The van der Waals surface area contributed by atoms with Crippen LogP contribution in [0.15, 0.2) is 0 Å². The molecule has 0 radical (unpaired) electrons. The van der Waals surface area contributed by atoms with Crippen LogP contribution >= 0.6 is 0 Å². The first-order chi connectivity index (χ1) is 7.86. The lowest BCUT2D eigenvalue weighted by molar-refractivity contribution is -0.140. The normalized spacial score (nSPS) is 12.1. The Morgan fingerprint density at radius 3 is 2.29 bits per heavy atom. The Bertz CT molecular complexity index is 333. The maximum atomic E-state index is 12.3. The van der Waals surface area contributed by atoms with Crippen molar-refractivity contribution in [1.29, 1.82) is 0 Å². The van der Waals surface area contributed by atoms with Gasteiger partial charge in [0.15, 0.2) is 0 Å². The SMILES string of the molecule is COCCN(CCC(=O)OC)S(=O)(=O)C(F)F. The summed E-state index contributed by atoms with van der Waals surface area (Å²) in [4.78, 5) is 10.8. The summed E-state index contributed by atoms with van der Waals surface area (Å²) in [6, 6.07) is 0. The van der Waals surface area contributed by atoms with E-state index in [0.717, 1.165) is 7.11 Å². The summed E-state index contributed by atoms with van der Waals surface area (Å²) >= 11 is 0. The number of hydrogen-bond donors (Lipinski definition) is 0. The molecule has 0 aliphatic heterocycles. The molecule has 0 amide bonds. The zero-order chi connectivity index (χ0) is 13.5. The van der Waals surface area contributed by atoms with Crippen LogP contribution in [0.2, 0.25) is 0 Å². The van der Waals surface area contributed by atoms with Crippen molar-refractivity contribution in [3.05, 3.63) is 0 Å². The lowest BCUT2D eigenvalue weighted by Crippen LogP contribution is -2.39. The summed E-state index contributed by atoms with van der Waals surface area (Å²) in [7, 11) is -2.26. The first-order valence-corrected chi connectivity index (χ1v) is 6.19. The molecule has 0 fully saturated rings. The van der Waals surface area contributed by atoms with E-state index in [1.165, 1.54) is 7.11 Å². The molecule has 0 heterocycles. The van der Waals surface area contributed by atoms with Crippen LogP contribution in [-0.2, 0) is 24.3 Å². The molecule has 0 saturated heterocycles. The molecule has 0 aromatic rings. The van der Waals surface area contributed by atoms with Crippen LogP contribution in [0, 0.1) is 0 Å². The predicted octanol–water partition coefficient (Wildman–Crippen LogP) is 0.0503. The maximum Gasteiger partial charge on any atom is 0.350 e. The van der Waals surface area contributed by atoms with Crippen molar-refractivity contribution in [2.75, 3.05) is 33.9 Å². The fourth-order valence-corrected chi connectivity index (χ4v) is 1.89. The monoisotopic (exact) mass is 275 g/mol. The second kappa shape index (κ2) is 7.51. The number of esters is 1. The second-order valence-corrected chi connectivity index (χ2v) is 4.93. The fraction of sp³-hybridized carbons (Fsp3) is 0.875. The molecule has 17 heavy (non-hydrogen) atoms. The Hall–Kier alpha value is -0.800. The van der Waals surface area contributed by atoms with Gasteiger partial charge in [0.1, 0.15) is 0 Å². The van der Waals surface area contributed by atoms with Gasteiger partial charge in [0.2, 0.25) is 0 Å². The number of sulfonamides is 1. The highest BCUT2D eigenvalue weighted by Gasteiger charge is 2.31. The first-order valence-electron chi connectivity index (χ1n) is 4.69. The maximum absolute atomic E-state index is 12.3. The van der Waals surface area contributed by atoms with Crippen LogP contribution in [0.3, 0.4) is 0 Å². The molecule has 6 nitrogen and oxygen atoms in total. The van der Waals surface area contributed by atoms with E-state index in [1.54, 1.807) is 0 Å². The number of carbonyl (C=O) groups is 1. The minimum absolute atomic E-state index is 0.0346. The van der Waals surface area contributed by atoms with Crippen LogP contribution in [-0.4, -0.2) is 58.4 Å². The van der Waals surface area contributed by atoms with E-state index in [4.69, 9.17) is 0 Å². The standard InChI is InChI=1S/C8H15F2NO5S/c1-15-6-5-11(4-3-7(12)16-2)17(13,14)8(9)10/h8H,3-6H2,1-2H3. The van der Waals surface area contributed by atoms with Crippen molar-refractivity contribution in [2.45, 2.75) is 12.2 Å². The number of alkyl halides is 2. The molecule has 0 atom stereocenters. The molecular formula is C8H15F2NO5S. The molecule has 0 spiro atoms. The van der Waals surface area contributed by atoms with Gasteiger partial charge in [-0.3, -0.25) is 4.79 Å². The Morgan fingerprint density at radius 2 is 1.88 bits per heavy atom. The van der Waals surface area contributed by atoms with Gasteiger partial charge in [-0.1, -0.05) is 0 Å². The van der Waals surface area contributed by atoms with Gasteiger partial charge in [-0.05, 0) is 0 Å². The van der Waals surface area contributed by atoms with E-state index in [-0.39, 0.29) is 26.1 Å². The van der Waals surface area contributed by atoms with Gasteiger partial charge in [0, 0.05) is 20.2 Å². The number of ether oxygens (including phenoxy) is 2. The van der Waals surface area contributed by atoms with E-state index >= 15 is 0 Å². The third-order valence-corrected chi connectivity index (χ3v) is 3.46. The number of carbonyl (C=O) groups excluding carboxylic acids is 1. The molecule has 0 unspecified atom stereocenters. The zero-order valence-electron chi connectivity index (χ0n) is 9.56. The van der Waals surface area contributed by atoms with Crippen molar-refractivity contribution < 1.29 is 31.5 Å². The molecule has 102 valence electrons. The quantitative estimate of drug-likeness (QED) is 0.585. The molecule has 9 heteroatoms. The van der Waals surface area contributed by atoms with E-state index < -0.39 is 21.8 Å². The summed E-state index contributed by atoms with van der Waals surface area (Å²) in [5.74, 6) is -4.19. The molecule has 0 bridgehead atoms. The molecule has 0 N–H and O–H groups in total. The van der Waals surface area contributed by atoms with Crippen LogP contribution in [0.5, 0.6) is 0 Å². The van der Waals surface area contributed by atoms with Crippen molar-refractivity contribution in [3.63, 3.8) is 0 Å². The highest BCUT2D eigenvalue weighted by molar-refractivity contribution is 7.89. The predicted molar refractivity (Wildman–Crippen MR) is 55.0 cm³/mol. The van der Waals surface area contributed by atoms with Gasteiger partial charge in [-0.2, -0.15) is 13.1 Å². The van der Waals surface area contributed by atoms with E-state index in [0.29, 0.717) is 4.31 Å². The number of halogens is 2. The van der Waals surface area contributed by atoms with Gasteiger partial charge in [-0.15, -0.1) is 0 Å².